The summed E-state index contributed by atoms with van der Waals surface area (Å²) >= 11 is 0. The van der Waals surface area contributed by atoms with E-state index in [0.29, 0.717) is 12.1 Å². The molecule has 1 saturated heterocycles. The van der Waals surface area contributed by atoms with E-state index in [-0.39, 0.29) is 0 Å². The van der Waals surface area contributed by atoms with Gasteiger partial charge in [-0.1, -0.05) is 12.1 Å². The molecule has 20 heavy (non-hydrogen) atoms. The lowest BCUT2D eigenvalue weighted by atomic mass is 10.1. The second-order valence-corrected chi connectivity index (χ2v) is 5.77. The van der Waals surface area contributed by atoms with Crippen LogP contribution in [0.25, 0.3) is 11.3 Å². The molecule has 0 aliphatic carbocycles. The van der Waals surface area contributed by atoms with Gasteiger partial charge in [0.1, 0.15) is 0 Å². The average Bonchev–Trinajstić information content (AvgIpc) is 3.10. The highest BCUT2D eigenvalue weighted by molar-refractivity contribution is 5.64. The molecule has 0 radical (unpaired) electrons. The van der Waals surface area contributed by atoms with Crippen molar-refractivity contribution in [2.24, 2.45) is 0 Å². The van der Waals surface area contributed by atoms with Crippen molar-refractivity contribution in [2.45, 2.75) is 32.4 Å². The molecule has 0 spiro atoms. The summed E-state index contributed by atoms with van der Waals surface area (Å²) in [6.45, 7) is 6.85. The van der Waals surface area contributed by atoms with Gasteiger partial charge in [-0.25, -0.2) is 0 Å². The lowest BCUT2D eigenvalue weighted by molar-refractivity contribution is 0.274. The Morgan fingerprint density at radius 3 is 2.95 bits per heavy atom. The number of benzene rings is 1. The van der Waals surface area contributed by atoms with E-state index in [1.54, 1.807) is 6.20 Å². The zero-order valence-corrected chi connectivity index (χ0v) is 12.1. The molecule has 2 aromatic rings. The van der Waals surface area contributed by atoms with Crippen LogP contribution in [-0.2, 0) is 0 Å². The molecule has 0 amide bonds. The second kappa shape index (κ2) is 5.67. The van der Waals surface area contributed by atoms with Crippen LogP contribution in [-0.4, -0.2) is 40.3 Å². The third kappa shape index (κ3) is 2.85. The molecule has 0 saturated carbocycles. The molecule has 106 valence electrons. The number of likely N-dealkylation sites (tertiary alicyclic amines) is 1. The van der Waals surface area contributed by atoms with Gasteiger partial charge in [0, 0.05) is 42.6 Å². The van der Waals surface area contributed by atoms with Crippen molar-refractivity contribution < 1.29 is 0 Å². The lowest BCUT2D eigenvalue weighted by Crippen LogP contribution is -2.31. The monoisotopic (exact) mass is 270 g/mol. The minimum Gasteiger partial charge on any atom is -0.381 e. The number of hydrogen-bond acceptors (Lipinski definition) is 3. The molecule has 1 aliphatic heterocycles. The minimum absolute atomic E-state index is 0.550. The summed E-state index contributed by atoms with van der Waals surface area (Å²) < 4.78 is 0. The van der Waals surface area contributed by atoms with Gasteiger partial charge in [0.15, 0.2) is 0 Å². The van der Waals surface area contributed by atoms with E-state index in [9.17, 15) is 0 Å². The van der Waals surface area contributed by atoms with E-state index in [1.165, 1.54) is 24.2 Å². The van der Waals surface area contributed by atoms with Crippen LogP contribution in [0.3, 0.4) is 0 Å². The largest absolute Gasteiger partial charge is 0.381 e. The fourth-order valence-electron chi connectivity index (χ4n) is 2.80. The van der Waals surface area contributed by atoms with Crippen LogP contribution >= 0.6 is 0 Å². The van der Waals surface area contributed by atoms with Crippen LogP contribution < -0.4 is 5.32 Å². The molecular weight excluding hydrogens is 248 g/mol. The third-order valence-corrected chi connectivity index (χ3v) is 4.00. The Morgan fingerprint density at radius 2 is 2.25 bits per heavy atom. The Bertz CT molecular complexity index is 547. The van der Waals surface area contributed by atoms with Gasteiger partial charge in [-0.05, 0) is 38.5 Å². The summed E-state index contributed by atoms with van der Waals surface area (Å²) in [5, 5.41) is 10.7. The van der Waals surface area contributed by atoms with E-state index in [2.05, 4.69) is 58.5 Å². The Hall–Kier alpha value is -1.81. The molecular formula is C16H22N4. The summed E-state index contributed by atoms with van der Waals surface area (Å²) in [7, 11) is 0. The van der Waals surface area contributed by atoms with Crippen molar-refractivity contribution in [2.75, 3.05) is 18.4 Å². The van der Waals surface area contributed by atoms with Gasteiger partial charge >= 0.3 is 0 Å². The van der Waals surface area contributed by atoms with Gasteiger partial charge in [-0.15, -0.1) is 0 Å². The van der Waals surface area contributed by atoms with Gasteiger partial charge in [0.2, 0.25) is 0 Å². The maximum absolute atomic E-state index is 4.01. The van der Waals surface area contributed by atoms with Crippen LogP contribution in [0.2, 0.25) is 0 Å². The Balaban J connectivity index is 1.68. The Kier molecular flexibility index (Phi) is 3.74. The van der Waals surface area contributed by atoms with Crippen molar-refractivity contribution in [3.05, 3.63) is 36.5 Å². The van der Waals surface area contributed by atoms with Crippen molar-refractivity contribution in [3.8, 4) is 11.3 Å². The van der Waals surface area contributed by atoms with Gasteiger partial charge in [-0.3, -0.25) is 10.00 Å². The van der Waals surface area contributed by atoms with E-state index < -0.39 is 0 Å². The summed E-state index contributed by atoms with van der Waals surface area (Å²) in [6.07, 6.45) is 3.00. The van der Waals surface area contributed by atoms with E-state index in [4.69, 9.17) is 0 Å². The van der Waals surface area contributed by atoms with Crippen molar-refractivity contribution >= 4 is 5.69 Å². The predicted octanol–water partition coefficient (Wildman–Crippen LogP) is 2.97. The van der Waals surface area contributed by atoms with Crippen molar-refractivity contribution in [1.29, 1.82) is 0 Å². The molecule has 1 aromatic carbocycles. The number of nitrogens with one attached hydrogen (secondary N) is 2. The van der Waals surface area contributed by atoms with E-state index in [0.717, 1.165) is 12.2 Å². The molecule has 2 N–H and O–H groups in total. The first-order chi connectivity index (χ1) is 9.72. The van der Waals surface area contributed by atoms with Crippen LogP contribution in [0, 0.1) is 0 Å². The molecule has 1 unspecified atom stereocenters. The quantitative estimate of drug-likeness (QED) is 0.897. The Labute approximate surface area is 120 Å². The van der Waals surface area contributed by atoms with Crippen LogP contribution in [0.4, 0.5) is 5.69 Å². The highest BCUT2D eigenvalue weighted by atomic mass is 15.2. The van der Waals surface area contributed by atoms with Crippen LogP contribution in [0.15, 0.2) is 36.5 Å². The van der Waals surface area contributed by atoms with Gasteiger partial charge < -0.3 is 5.32 Å². The zero-order valence-electron chi connectivity index (χ0n) is 12.1. The first-order valence-corrected chi connectivity index (χ1v) is 7.33. The Morgan fingerprint density at radius 1 is 1.35 bits per heavy atom. The van der Waals surface area contributed by atoms with Crippen LogP contribution in [0.1, 0.15) is 20.3 Å². The van der Waals surface area contributed by atoms with Crippen molar-refractivity contribution in [3.63, 3.8) is 0 Å². The lowest BCUT2D eigenvalue weighted by Gasteiger charge is -2.21. The molecule has 4 heteroatoms. The van der Waals surface area contributed by atoms with Gasteiger partial charge in [0.25, 0.3) is 0 Å². The molecule has 4 nitrogen and oxygen atoms in total. The molecule has 1 aliphatic rings. The summed E-state index contributed by atoms with van der Waals surface area (Å²) in [5.74, 6) is 0. The number of rotatable bonds is 4. The third-order valence-electron chi connectivity index (χ3n) is 4.00. The van der Waals surface area contributed by atoms with Crippen LogP contribution in [0.5, 0.6) is 0 Å². The first kappa shape index (κ1) is 13.2. The maximum Gasteiger partial charge on any atom is 0.0650 e. The number of aromatic nitrogens is 2. The molecule has 1 fully saturated rings. The number of anilines is 1. The SMILES string of the molecule is CC(C)N1CCC(Nc2cccc(-c3ccn[nH]3)c2)C1. The number of nitrogens with zero attached hydrogens (tertiary/aromatic N) is 2. The fourth-order valence-corrected chi connectivity index (χ4v) is 2.80. The number of H-pyrrole nitrogens is 1. The fraction of sp³-hybridized carbons (Fsp3) is 0.438. The van der Waals surface area contributed by atoms with Crippen molar-refractivity contribution in [1.82, 2.24) is 15.1 Å². The summed E-state index contributed by atoms with van der Waals surface area (Å²) in [5.41, 5.74) is 3.42. The smallest absolute Gasteiger partial charge is 0.0650 e. The van der Waals surface area contributed by atoms with Gasteiger partial charge in [-0.2, -0.15) is 5.10 Å². The topological polar surface area (TPSA) is 44.0 Å². The standard InChI is InChI=1S/C16H22N4/c1-12(2)20-9-7-15(11-20)18-14-5-3-4-13(10-14)16-6-8-17-19-16/h3-6,8,10,12,15,18H,7,9,11H2,1-2H3,(H,17,19). The minimum atomic E-state index is 0.550. The predicted molar refractivity (Wildman–Crippen MR) is 82.8 cm³/mol. The molecule has 2 heterocycles. The summed E-state index contributed by atoms with van der Waals surface area (Å²) in [6, 6.07) is 11.7. The highest BCUT2D eigenvalue weighted by Gasteiger charge is 2.23. The second-order valence-electron chi connectivity index (χ2n) is 5.77. The zero-order chi connectivity index (χ0) is 13.9. The first-order valence-electron chi connectivity index (χ1n) is 7.33. The normalized spacial score (nSPS) is 19.6. The highest BCUT2D eigenvalue weighted by Crippen LogP contribution is 2.23. The summed E-state index contributed by atoms with van der Waals surface area (Å²) in [4.78, 5) is 2.52. The van der Waals surface area contributed by atoms with E-state index in [1.807, 2.05) is 6.07 Å². The molecule has 1 aromatic heterocycles. The van der Waals surface area contributed by atoms with E-state index >= 15 is 0 Å². The molecule has 0 bridgehead atoms. The number of aromatic amines is 1. The molecule has 3 rings (SSSR count). The molecule has 1 atom stereocenters. The number of hydrogen-bond donors (Lipinski definition) is 2. The average molecular weight is 270 g/mol. The maximum atomic E-state index is 4.01. The van der Waals surface area contributed by atoms with Gasteiger partial charge in [0.05, 0.1) is 5.69 Å².